The van der Waals surface area contributed by atoms with Gasteiger partial charge in [-0.1, -0.05) is 30.3 Å². The maximum atomic E-state index is 11.4. The van der Waals surface area contributed by atoms with E-state index in [2.05, 4.69) is 44.9 Å². The third kappa shape index (κ3) is 3.81. The van der Waals surface area contributed by atoms with Crippen LogP contribution in [0.3, 0.4) is 0 Å². The van der Waals surface area contributed by atoms with E-state index in [0.717, 1.165) is 44.7 Å². The second-order valence-corrected chi connectivity index (χ2v) is 7.48. The Morgan fingerprint density at radius 1 is 1.27 bits per heavy atom. The Bertz CT molecular complexity index is 514. The molecule has 2 heterocycles. The third-order valence-electron chi connectivity index (χ3n) is 4.75. The van der Waals surface area contributed by atoms with Crippen molar-refractivity contribution in [2.75, 3.05) is 25.5 Å². The molecule has 22 heavy (non-hydrogen) atoms. The predicted molar refractivity (Wildman–Crippen MR) is 90.6 cm³/mol. The van der Waals surface area contributed by atoms with Crippen molar-refractivity contribution in [2.45, 2.75) is 25.8 Å². The molecule has 3 N–H and O–H groups in total. The summed E-state index contributed by atoms with van der Waals surface area (Å²) < 4.78 is 14.4. The second kappa shape index (κ2) is 7.00. The molecule has 1 aromatic carbocycles. The summed E-state index contributed by atoms with van der Waals surface area (Å²) in [4.78, 5) is 6.82. The molecule has 0 saturated carbocycles. The van der Waals surface area contributed by atoms with Crippen LogP contribution in [0.1, 0.15) is 24.8 Å². The molecule has 0 spiro atoms. The van der Waals surface area contributed by atoms with Crippen LogP contribution in [0.25, 0.3) is 0 Å². The minimum Gasteiger partial charge on any atom is -0.591 e. The quantitative estimate of drug-likeness (QED) is 0.800. The maximum absolute atomic E-state index is 11.4. The number of hydrogen-bond donors (Lipinski definition) is 2. The lowest BCUT2D eigenvalue weighted by Crippen LogP contribution is -2.45. The molecule has 2 aliphatic rings. The Hall–Kier alpha value is -1.08. The van der Waals surface area contributed by atoms with E-state index in [0.29, 0.717) is 12.4 Å². The minimum absolute atomic E-state index is 0.105. The van der Waals surface area contributed by atoms with Crippen LogP contribution in [0.2, 0.25) is 0 Å². The Morgan fingerprint density at radius 2 is 2.00 bits per heavy atom. The molecular formula is C16H24N4OS. The number of nitrogens with two attached hydrogens (primary N) is 1. The lowest BCUT2D eigenvalue weighted by atomic mass is 9.75. The van der Waals surface area contributed by atoms with E-state index in [1.54, 1.807) is 0 Å². The van der Waals surface area contributed by atoms with Gasteiger partial charge in [-0.2, -0.15) is 4.72 Å². The van der Waals surface area contributed by atoms with Gasteiger partial charge in [-0.3, -0.25) is 4.90 Å². The first-order valence-corrected chi connectivity index (χ1v) is 9.16. The highest BCUT2D eigenvalue weighted by Crippen LogP contribution is 2.35. The van der Waals surface area contributed by atoms with Crippen LogP contribution in [0, 0.1) is 5.41 Å². The van der Waals surface area contributed by atoms with Crippen molar-refractivity contribution in [2.24, 2.45) is 16.1 Å². The van der Waals surface area contributed by atoms with Crippen molar-refractivity contribution in [3.63, 3.8) is 0 Å². The van der Waals surface area contributed by atoms with Crippen LogP contribution in [-0.4, -0.2) is 40.8 Å². The first-order valence-electron chi connectivity index (χ1n) is 7.84. The number of likely N-dealkylation sites (tertiary alicyclic amines) is 1. The number of piperidine rings is 1. The van der Waals surface area contributed by atoms with Crippen LogP contribution >= 0.6 is 0 Å². The van der Waals surface area contributed by atoms with Gasteiger partial charge >= 0.3 is 0 Å². The van der Waals surface area contributed by atoms with E-state index in [9.17, 15) is 4.55 Å². The number of nitrogens with one attached hydrogen (secondary N) is 1. The summed E-state index contributed by atoms with van der Waals surface area (Å²) in [5.41, 5.74) is 7.54. The molecule has 1 saturated heterocycles. The summed E-state index contributed by atoms with van der Waals surface area (Å²) in [5.74, 6) is 1.26. The van der Waals surface area contributed by atoms with E-state index < -0.39 is 11.4 Å². The number of aliphatic imine (C=N–C) groups is 1. The lowest BCUT2D eigenvalue weighted by Gasteiger charge is -2.41. The molecule has 1 fully saturated rings. The Balaban J connectivity index is 1.54. The van der Waals surface area contributed by atoms with Gasteiger partial charge in [0, 0.05) is 13.0 Å². The van der Waals surface area contributed by atoms with E-state index in [-0.39, 0.29) is 5.41 Å². The monoisotopic (exact) mass is 320 g/mol. The smallest absolute Gasteiger partial charge is 0.222 e. The van der Waals surface area contributed by atoms with Crippen LogP contribution < -0.4 is 10.5 Å². The highest BCUT2D eigenvalue weighted by molar-refractivity contribution is 7.90. The van der Waals surface area contributed by atoms with Crippen molar-refractivity contribution >= 4 is 17.2 Å². The van der Waals surface area contributed by atoms with Crippen molar-refractivity contribution in [1.29, 1.82) is 0 Å². The topological polar surface area (TPSA) is 76.7 Å². The lowest BCUT2D eigenvalue weighted by molar-refractivity contribution is 0.110. The van der Waals surface area contributed by atoms with Crippen molar-refractivity contribution in [1.82, 2.24) is 9.62 Å². The van der Waals surface area contributed by atoms with Gasteiger partial charge in [0.2, 0.25) is 5.88 Å². The van der Waals surface area contributed by atoms with E-state index in [1.165, 1.54) is 5.56 Å². The van der Waals surface area contributed by atoms with Crippen molar-refractivity contribution < 1.29 is 4.55 Å². The standard InChI is InChI=1S/C16H24N4OS/c17-12-16(10-15-18-13-22(21)19-15)6-8-20(9-7-16)11-14-4-2-1-3-5-14/h1-5H,6-13,17H2,(H,18,19). The molecule has 0 bridgehead atoms. The number of hydrogen-bond acceptors (Lipinski definition) is 5. The van der Waals surface area contributed by atoms with Gasteiger partial charge in [0.1, 0.15) is 5.84 Å². The van der Waals surface area contributed by atoms with Crippen LogP contribution in [-0.2, 0) is 17.9 Å². The maximum Gasteiger partial charge on any atom is 0.222 e. The molecular weight excluding hydrogens is 296 g/mol. The molecule has 3 rings (SSSR count). The molecule has 1 aromatic rings. The van der Waals surface area contributed by atoms with Crippen LogP contribution in [0.4, 0.5) is 0 Å². The highest BCUT2D eigenvalue weighted by Gasteiger charge is 2.36. The van der Waals surface area contributed by atoms with Crippen LogP contribution in [0.15, 0.2) is 35.3 Å². The van der Waals surface area contributed by atoms with Gasteiger partial charge in [-0.15, -0.1) is 0 Å². The zero-order valence-electron chi connectivity index (χ0n) is 12.8. The SMILES string of the molecule is NCC1(CC2=NC[S+]([O-])N2)CCN(Cc2ccccc2)CC1. The van der Waals surface area contributed by atoms with Gasteiger partial charge in [0.15, 0.2) is 0 Å². The van der Waals surface area contributed by atoms with E-state index in [4.69, 9.17) is 5.73 Å². The molecule has 120 valence electrons. The average molecular weight is 320 g/mol. The molecule has 5 nitrogen and oxygen atoms in total. The predicted octanol–water partition coefficient (Wildman–Crippen LogP) is 1.24. The first kappa shape index (κ1) is 15.8. The van der Waals surface area contributed by atoms with Crippen LogP contribution in [0.5, 0.6) is 0 Å². The molecule has 0 radical (unpaired) electrons. The van der Waals surface area contributed by atoms with Crippen molar-refractivity contribution in [3.8, 4) is 0 Å². The van der Waals surface area contributed by atoms with Gasteiger partial charge in [0.25, 0.3) is 0 Å². The summed E-state index contributed by atoms with van der Waals surface area (Å²) in [5, 5.41) is 0. The average Bonchev–Trinajstić information content (AvgIpc) is 2.95. The zero-order valence-corrected chi connectivity index (χ0v) is 13.6. The zero-order chi connectivity index (χ0) is 15.4. The first-order chi connectivity index (χ1) is 10.7. The molecule has 1 unspecified atom stereocenters. The third-order valence-corrected chi connectivity index (χ3v) is 5.57. The molecule has 0 amide bonds. The normalized spacial score (nSPS) is 24.8. The molecule has 0 aromatic heterocycles. The highest BCUT2D eigenvalue weighted by atomic mass is 32.2. The van der Waals surface area contributed by atoms with Gasteiger partial charge < -0.3 is 10.3 Å². The van der Waals surface area contributed by atoms with E-state index >= 15 is 0 Å². The van der Waals surface area contributed by atoms with E-state index in [1.807, 2.05) is 0 Å². The fourth-order valence-electron chi connectivity index (χ4n) is 3.26. The number of rotatable bonds is 5. The number of nitrogens with zero attached hydrogens (tertiary/aromatic N) is 2. The summed E-state index contributed by atoms with van der Waals surface area (Å²) in [6, 6.07) is 10.6. The molecule has 0 aliphatic carbocycles. The fraction of sp³-hybridized carbons (Fsp3) is 0.562. The summed E-state index contributed by atoms with van der Waals surface area (Å²) in [6.07, 6.45) is 2.97. The second-order valence-electron chi connectivity index (χ2n) is 6.32. The molecule has 2 aliphatic heterocycles. The Morgan fingerprint density at radius 3 is 2.59 bits per heavy atom. The number of benzene rings is 1. The van der Waals surface area contributed by atoms with Gasteiger partial charge in [0.05, 0.1) is 11.4 Å². The van der Waals surface area contributed by atoms with Crippen molar-refractivity contribution in [3.05, 3.63) is 35.9 Å². The summed E-state index contributed by atoms with van der Waals surface area (Å²) >= 11 is -1.02. The molecule has 1 atom stereocenters. The Labute approximate surface area is 135 Å². The summed E-state index contributed by atoms with van der Waals surface area (Å²) in [7, 11) is 0. The van der Waals surface area contributed by atoms with Gasteiger partial charge in [-0.05, 0) is 43.5 Å². The Kier molecular flexibility index (Phi) is 5.03. The fourth-order valence-corrected chi connectivity index (χ4v) is 4.00. The summed E-state index contributed by atoms with van der Waals surface area (Å²) in [6.45, 7) is 3.79. The largest absolute Gasteiger partial charge is 0.591 e. The minimum atomic E-state index is -1.02. The number of amidine groups is 1. The molecule has 6 heteroatoms. The van der Waals surface area contributed by atoms with Gasteiger partial charge in [-0.25, -0.2) is 4.99 Å².